The van der Waals surface area contributed by atoms with E-state index in [0.717, 1.165) is 11.1 Å². The van der Waals surface area contributed by atoms with Gasteiger partial charge in [-0.25, -0.2) is 0 Å². The Bertz CT molecular complexity index is 1100. The van der Waals surface area contributed by atoms with Crippen molar-refractivity contribution < 1.29 is 23.9 Å². The van der Waals surface area contributed by atoms with Crippen LogP contribution in [0.25, 0.3) is 6.08 Å². The average molecular weight is 472 g/mol. The van der Waals surface area contributed by atoms with Gasteiger partial charge in [0.1, 0.15) is 18.1 Å². The number of nitrogens with one attached hydrogen (secondary N) is 1. The summed E-state index contributed by atoms with van der Waals surface area (Å²) >= 11 is 5.28. The molecule has 0 saturated carbocycles. The van der Waals surface area contributed by atoms with Crippen LogP contribution in [-0.4, -0.2) is 48.2 Å². The molecule has 1 aliphatic heterocycles. The second kappa shape index (κ2) is 10.9. The van der Waals surface area contributed by atoms with Gasteiger partial charge in [0.2, 0.25) is 0 Å². The Morgan fingerprint density at radius 3 is 2.64 bits per heavy atom. The molecule has 9 nitrogen and oxygen atoms in total. The zero-order valence-corrected chi connectivity index (χ0v) is 19.4. The first-order valence-electron chi connectivity index (χ1n) is 10.2. The van der Waals surface area contributed by atoms with Crippen molar-refractivity contribution in [3.05, 3.63) is 68.9 Å². The van der Waals surface area contributed by atoms with Crippen molar-refractivity contribution in [1.82, 2.24) is 10.2 Å². The molecule has 1 saturated heterocycles. The lowest BCUT2D eigenvalue weighted by molar-refractivity contribution is -0.386. The van der Waals surface area contributed by atoms with Gasteiger partial charge in [-0.15, -0.1) is 0 Å². The van der Waals surface area contributed by atoms with Crippen LogP contribution >= 0.6 is 12.2 Å². The zero-order chi connectivity index (χ0) is 24.0. The van der Waals surface area contributed by atoms with E-state index >= 15 is 0 Å². The SMILES string of the molecule is COCCCN1C(=O)/C(=C\c2ccc(OC)c(COc3ccc(C)cc3[N+](=O)[O-])c2)NC1=S. The fourth-order valence-electron chi connectivity index (χ4n) is 3.36. The van der Waals surface area contributed by atoms with E-state index < -0.39 is 4.92 Å². The number of nitro benzene ring substituents is 1. The molecule has 1 amide bonds. The molecule has 3 rings (SSSR count). The van der Waals surface area contributed by atoms with Gasteiger partial charge in [-0.2, -0.15) is 0 Å². The van der Waals surface area contributed by atoms with Gasteiger partial charge >= 0.3 is 5.69 Å². The number of methoxy groups -OCH3 is 2. The van der Waals surface area contributed by atoms with E-state index in [1.165, 1.54) is 18.1 Å². The molecule has 1 fully saturated rings. The lowest BCUT2D eigenvalue weighted by atomic mass is 10.1. The fourth-order valence-corrected chi connectivity index (χ4v) is 3.64. The minimum atomic E-state index is -0.473. The van der Waals surface area contributed by atoms with Gasteiger partial charge in [0.05, 0.1) is 12.0 Å². The number of benzene rings is 2. The second-order valence-electron chi connectivity index (χ2n) is 7.38. The van der Waals surface area contributed by atoms with Gasteiger partial charge in [0.15, 0.2) is 10.9 Å². The lowest BCUT2D eigenvalue weighted by Crippen LogP contribution is -2.32. The molecule has 2 aromatic rings. The number of nitrogens with zero attached hydrogens (tertiary/aromatic N) is 2. The minimum Gasteiger partial charge on any atom is -0.496 e. The topological polar surface area (TPSA) is 103 Å². The van der Waals surface area contributed by atoms with Gasteiger partial charge in [-0.1, -0.05) is 12.1 Å². The molecule has 0 aromatic heterocycles. The molecule has 33 heavy (non-hydrogen) atoms. The maximum Gasteiger partial charge on any atom is 0.311 e. The van der Waals surface area contributed by atoms with Gasteiger partial charge in [-0.3, -0.25) is 19.8 Å². The van der Waals surface area contributed by atoms with Crippen LogP contribution in [-0.2, 0) is 16.1 Å². The zero-order valence-electron chi connectivity index (χ0n) is 18.6. The van der Waals surface area contributed by atoms with Crippen LogP contribution in [0.5, 0.6) is 11.5 Å². The molecule has 2 aromatic carbocycles. The van der Waals surface area contributed by atoms with Crippen LogP contribution in [0.15, 0.2) is 42.1 Å². The van der Waals surface area contributed by atoms with E-state index in [1.54, 1.807) is 50.4 Å². The Kier molecular flexibility index (Phi) is 7.96. The first-order valence-corrected chi connectivity index (χ1v) is 10.6. The molecule has 0 bridgehead atoms. The summed E-state index contributed by atoms with van der Waals surface area (Å²) in [5.41, 5.74) is 2.43. The van der Waals surface area contributed by atoms with Crippen LogP contribution < -0.4 is 14.8 Å². The maximum atomic E-state index is 12.7. The molecule has 0 radical (unpaired) electrons. The van der Waals surface area contributed by atoms with Crippen LogP contribution in [0, 0.1) is 17.0 Å². The number of carbonyl (C=O) groups excluding carboxylic acids is 1. The summed E-state index contributed by atoms with van der Waals surface area (Å²) in [5.74, 6) is 0.524. The smallest absolute Gasteiger partial charge is 0.311 e. The van der Waals surface area contributed by atoms with Gasteiger partial charge in [-0.05, 0) is 61.0 Å². The number of carbonyl (C=O) groups is 1. The van der Waals surface area contributed by atoms with Crippen LogP contribution in [0.4, 0.5) is 5.69 Å². The molecular formula is C23H25N3O6S. The predicted molar refractivity (Wildman–Crippen MR) is 127 cm³/mol. The van der Waals surface area contributed by atoms with Crippen molar-refractivity contribution in [2.24, 2.45) is 0 Å². The van der Waals surface area contributed by atoms with Crippen molar-refractivity contribution >= 4 is 35.0 Å². The standard InChI is InChI=1S/C23H25N3O6S/c1-15-5-7-21(19(11-15)26(28)29)32-14-17-12-16(6-8-20(17)31-3)13-18-22(27)25(23(33)24-18)9-4-10-30-2/h5-8,11-13H,4,9-10,14H2,1-3H3,(H,24,33)/b18-13+. The van der Waals surface area contributed by atoms with Crippen LogP contribution in [0.3, 0.4) is 0 Å². The number of aryl methyl sites for hydroxylation is 1. The molecule has 0 unspecified atom stereocenters. The summed E-state index contributed by atoms with van der Waals surface area (Å²) in [6.45, 7) is 2.83. The van der Waals surface area contributed by atoms with E-state index in [-0.39, 0.29) is 24.0 Å². The van der Waals surface area contributed by atoms with Crippen molar-refractivity contribution in [2.45, 2.75) is 20.0 Å². The first kappa shape index (κ1) is 24.1. The predicted octanol–water partition coefficient (Wildman–Crippen LogP) is 3.58. The largest absolute Gasteiger partial charge is 0.496 e. The summed E-state index contributed by atoms with van der Waals surface area (Å²) < 4.78 is 16.2. The molecule has 10 heteroatoms. The van der Waals surface area contributed by atoms with E-state index in [4.69, 9.17) is 26.4 Å². The number of ether oxygens (including phenoxy) is 3. The average Bonchev–Trinajstić information content (AvgIpc) is 3.05. The highest BCUT2D eigenvalue weighted by molar-refractivity contribution is 7.80. The molecular weight excluding hydrogens is 446 g/mol. The van der Waals surface area contributed by atoms with E-state index in [0.29, 0.717) is 41.7 Å². The Hall–Kier alpha value is -3.50. The highest BCUT2D eigenvalue weighted by atomic mass is 32.1. The summed E-state index contributed by atoms with van der Waals surface area (Å²) in [7, 11) is 3.14. The summed E-state index contributed by atoms with van der Waals surface area (Å²) in [4.78, 5) is 25.1. The van der Waals surface area contributed by atoms with Crippen molar-refractivity contribution in [3.8, 4) is 11.5 Å². The number of rotatable bonds is 10. The summed E-state index contributed by atoms with van der Waals surface area (Å²) in [6, 6.07) is 10.1. The third kappa shape index (κ3) is 5.85. The quantitative estimate of drug-likeness (QED) is 0.184. The fraction of sp³-hybridized carbons (Fsp3) is 0.304. The summed E-state index contributed by atoms with van der Waals surface area (Å²) in [6.07, 6.45) is 2.37. The number of hydrogen-bond acceptors (Lipinski definition) is 7. The number of hydrogen-bond donors (Lipinski definition) is 1. The van der Waals surface area contributed by atoms with Crippen molar-refractivity contribution in [2.75, 3.05) is 27.4 Å². The third-order valence-electron chi connectivity index (χ3n) is 5.00. The second-order valence-corrected chi connectivity index (χ2v) is 7.77. The molecule has 1 N–H and O–H groups in total. The number of nitro groups is 1. The highest BCUT2D eigenvalue weighted by Crippen LogP contribution is 2.30. The van der Waals surface area contributed by atoms with E-state index in [1.807, 2.05) is 0 Å². The highest BCUT2D eigenvalue weighted by Gasteiger charge is 2.30. The van der Waals surface area contributed by atoms with E-state index in [9.17, 15) is 14.9 Å². The first-order chi connectivity index (χ1) is 15.8. The van der Waals surface area contributed by atoms with Crippen molar-refractivity contribution in [1.29, 1.82) is 0 Å². The van der Waals surface area contributed by atoms with Crippen LogP contribution in [0.1, 0.15) is 23.1 Å². The Labute approximate surface area is 197 Å². The van der Waals surface area contributed by atoms with Gasteiger partial charge in [0.25, 0.3) is 5.91 Å². The molecule has 0 aliphatic carbocycles. The van der Waals surface area contributed by atoms with Gasteiger partial charge in [0, 0.05) is 31.9 Å². The van der Waals surface area contributed by atoms with Gasteiger partial charge < -0.3 is 19.5 Å². The monoisotopic (exact) mass is 471 g/mol. The molecule has 1 aliphatic rings. The Morgan fingerprint density at radius 1 is 1.18 bits per heavy atom. The Morgan fingerprint density at radius 2 is 1.94 bits per heavy atom. The van der Waals surface area contributed by atoms with Crippen molar-refractivity contribution in [3.63, 3.8) is 0 Å². The van der Waals surface area contributed by atoms with E-state index in [2.05, 4.69) is 5.32 Å². The number of amides is 1. The summed E-state index contributed by atoms with van der Waals surface area (Å²) in [5, 5.41) is 14.7. The Balaban J connectivity index is 1.80. The lowest BCUT2D eigenvalue weighted by Gasteiger charge is -2.13. The molecule has 0 spiro atoms. The maximum absolute atomic E-state index is 12.7. The van der Waals surface area contributed by atoms with Crippen LogP contribution in [0.2, 0.25) is 0 Å². The number of thiocarbonyl (C=S) groups is 1. The molecule has 1 heterocycles. The third-order valence-corrected chi connectivity index (χ3v) is 5.32. The normalized spacial score (nSPS) is 14.5. The molecule has 0 atom stereocenters. The molecule has 174 valence electrons. The minimum absolute atomic E-state index is 0.0486.